The molecular weight excluding hydrogens is 200 g/mol. The van der Waals surface area contributed by atoms with Crippen molar-refractivity contribution in [1.82, 2.24) is 0 Å². The minimum Gasteiger partial charge on any atom is -0.463 e. The molecule has 0 saturated heterocycles. The molecule has 92 valence electrons. The van der Waals surface area contributed by atoms with E-state index in [1.165, 1.54) is 39.0 Å². The van der Waals surface area contributed by atoms with E-state index in [0.717, 1.165) is 18.3 Å². The SMILES string of the molecule is CC(=O)O[C@@H](C)CC[C@@]1(C)C[C@H]2CC[C@@H]1C2. The van der Waals surface area contributed by atoms with Gasteiger partial charge in [-0.15, -0.1) is 0 Å². The van der Waals surface area contributed by atoms with E-state index in [1.807, 2.05) is 6.92 Å². The van der Waals surface area contributed by atoms with Gasteiger partial charge in [0.1, 0.15) is 0 Å². The fourth-order valence-electron chi connectivity index (χ4n) is 3.90. The highest BCUT2D eigenvalue weighted by Gasteiger charge is 2.47. The molecule has 0 aliphatic heterocycles. The summed E-state index contributed by atoms with van der Waals surface area (Å²) in [5.74, 6) is 1.80. The fraction of sp³-hybridized carbons (Fsp3) is 0.929. The van der Waals surface area contributed by atoms with Crippen LogP contribution in [0.2, 0.25) is 0 Å². The summed E-state index contributed by atoms with van der Waals surface area (Å²) >= 11 is 0. The predicted molar refractivity (Wildman–Crippen MR) is 64.0 cm³/mol. The predicted octanol–water partition coefficient (Wildman–Crippen LogP) is 3.54. The molecular formula is C14H24O2. The van der Waals surface area contributed by atoms with E-state index in [4.69, 9.17) is 4.74 Å². The molecule has 0 N–H and O–H groups in total. The van der Waals surface area contributed by atoms with Crippen LogP contribution in [0.25, 0.3) is 0 Å². The van der Waals surface area contributed by atoms with Gasteiger partial charge in [-0.3, -0.25) is 4.79 Å². The number of hydrogen-bond acceptors (Lipinski definition) is 2. The smallest absolute Gasteiger partial charge is 0.302 e. The van der Waals surface area contributed by atoms with Crippen LogP contribution in [0, 0.1) is 17.3 Å². The van der Waals surface area contributed by atoms with Crippen molar-refractivity contribution >= 4 is 5.97 Å². The Morgan fingerprint density at radius 3 is 2.75 bits per heavy atom. The molecule has 0 aromatic heterocycles. The summed E-state index contributed by atoms with van der Waals surface area (Å²) < 4.78 is 5.20. The quantitative estimate of drug-likeness (QED) is 0.683. The maximum absolute atomic E-state index is 10.8. The number of carbonyl (C=O) groups is 1. The number of esters is 1. The molecule has 0 aromatic rings. The summed E-state index contributed by atoms with van der Waals surface area (Å²) in [5.41, 5.74) is 0.539. The third-order valence-corrected chi connectivity index (χ3v) is 4.77. The van der Waals surface area contributed by atoms with Gasteiger partial charge in [0, 0.05) is 6.92 Å². The first-order valence-electron chi connectivity index (χ1n) is 6.67. The fourth-order valence-corrected chi connectivity index (χ4v) is 3.90. The molecule has 2 fully saturated rings. The first kappa shape index (κ1) is 11.9. The molecule has 0 amide bonds. The molecule has 0 spiro atoms. The summed E-state index contributed by atoms with van der Waals surface area (Å²) in [7, 11) is 0. The third kappa shape index (κ3) is 2.41. The summed E-state index contributed by atoms with van der Waals surface area (Å²) in [4.78, 5) is 10.8. The lowest BCUT2D eigenvalue weighted by Crippen LogP contribution is -2.26. The highest BCUT2D eigenvalue weighted by molar-refractivity contribution is 5.66. The molecule has 0 aromatic carbocycles. The molecule has 0 unspecified atom stereocenters. The largest absolute Gasteiger partial charge is 0.463 e. The zero-order chi connectivity index (χ0) is 11.8. The van der Waals surface area contributed by atoms with Crippen molar-refractivity contribution in [1.29, 1.82) is 0 Å². The molecule has 2 heteroatoms. The highest BCUT2D eigenvalue weighted by Crippen LogP contribution is 2.57. The Balaban J connectivity index is 1.79. The Labute approximate surface area is 98.7 Å². The van der Waals surface area contributed by atoms with Crippen LogP contribution in [0.4, 0.5) is 0 Å². The van der Waals surface area contributed by atoms with Crippen LogP contribution >= 0.6 is 0 Å². The van der Waals surface area contributed by atoms with Gasteiger partial charge in [-0.1, -0.05) is 13.3 Å². The average Bonchev–Trinajstić information content (AvgIpc) is 2.73. The van der Waals surface area contributed by atoms with Gasteiger partial charge in [0.2, 0.25) is 0 Å². The van der Waals surface area contributed by atoms with Gasteiger partial charge in [-0.2, -0.15) is 0 Å². The van der Waals surface area contributed by atoms with Gasteiger partial charge in [-0.05, 0) is 56.3 Å². The molecule has 4 atom stereocenters. The highest BCUT2D eigenvalue weighted by atomic mass is 16.5. The van der Waals surface area contributed by atoms with Crippen LogP contribution in [-0.4, -0.2) is 12.1 Å². The first-order valence-corrected chi connectivity index (χ1v) is 6.67. The van der Waals surface area contributed by atoms with Crippen molar-refractivity contribution in [2.24, 2.45) is 17.3 Å². The number of hydrogen-bond donors (Lipinski definition) is 0. The standard InChI is InChI=1S/C14H24O2/c1-10(16-11(2)15)6-7-14(3)9-12-4-5-13(14)8-12/h10,12-13H,4-9H2,1-3H3/t10-,12-,13+,14-/m0/s1. The van der Waals surface area contributed by atoms with Crippen LogP contribution in [0.1, 0.15) is 59.3 Å². The lowest BCUT2D eigenvalue weighted by Gasteiger charge is -2.34. The summed E-state index contributed by atoms with van der Waals surface area (Å²) in [5, 5.41) is 0. The summed E-state index contributed by atoms with van der Waals surface area (Å²) in [6, 6.07) is 0. The first-order chi connectivity index (χ1) is 7.49. The van der Waals surface area contributed by atoms with Crippen LogP contribution < -0.4 is 0 Å². The van der Waals surface area contributed by atoms with Gasteiger partial charge in [-0.25, -0.2) is 0 Å². The van der Waals surface area contributed by atoms with Crippen molar-refractivity contribution in [2.45, 2.75) is 65.4 Å². The Hall–Kier alpha value is -0.530. The van der Waals surface area contributed by atoms with E-state index < -0.39 is 0 Å². The number of fused-ring (bicyclic) bond motifs is 2. The molecule has 2 saturated carbocycles. The van der Waals surface area contributed by atoms with Crippen molar-refractivity contribution in [3.8, 4) is 0 Å². The van der Waals surface area contributed by atoms with Gasteiger partial charge < -0.3 is 4.74 Å². The molecule has 0 heterocycles. The second kappa shape index (κ2) is 4.38. The molecule has 2 aliphatic carbocycles. The van der Waals surface area contributed by atoms with Crippen LogP contribution in [-0.2, 0) is 9.53 Å². The van der Waals surface area contributed by atoms with Crippen molar-refractivity contribution in [3.63, 3.8) is 0 Å². The normalized spacial score (nSPS) is 38.7. The Bertz CT molecular complexity index is 274. The van der Waals surface area contributed by atoms with Crippen molar-refractivity contribution in [2.75, 3.05) is 0 Å². The van der Waals surface area contributed by atoms with Crippen molar-refractivity contribution < 1.29 is 9.53 Å². The zero-order valence-corrected chi connectivity index (χ0v) is 10.8. The van der Waals surface area contributed by atoms with E-state index in [2.05, 4.69) is 6.92 Å². The van der Waals surface area contributed by atoms with E-state index in [1.54, 1.807) is 0 Å². The second-order valence-electron chi connectivity index (χ2n) is 6.19. The minimum atomic E-state index is -0.148. The maximum atomic E-state index is 10.8. The summed E-state index contributed by atoms with van der Waals surface area (Å²) in [6.07, 6.45) is 8.10. The van der Waals surface area contributed by atoms with E-state index in [0.29, 0.717) is 5.41 Å². The maximum Gasteiger partial charge on any atom is 0.302 e. The average molecular weight is 224 g/mol. The Morgan fingerprint density at radius 1 is 1.50 bits per heavy atom. The number of carbonyl (C=O) groups excluding carboxylic acids is 1. The number of rotatable bonds is 4. The van der Waals surface area contributed by atoms with E-state index in [-0.39, 0.29) is 12.1 Å². The molecule has 2 nitrogen and oxygen atoms in total. The van der Waals surface area contributed by atoms with Crippen molar-refractivity contribution in [3.05, 3.63) is 0 Å². The summed E-state index contributed by atoms with van der Waals surface area (Å²) in [6.45, 7) is 5.95. The van der Waals surface area contributed by atoms with Crippen LogP contribution in [0.5, 0.6) is 0 Å². The topological polar surface area (TPSA) is 26.3 Å². The molecule has 2 aliphatic rings. The van der Waals surface area contributed by atoms with E-state index in [9.17, 15) is 4.79 Å². The van der Waals surface area contributed by atoms with Gasteiger partial charge >= 0.3 is 5.97 Å². The monoisotopic (exact) mass is 224 g/mol. The lowest BCUT2D eigenvalue weighted by atomic mass is 9.71. The zero-order valence-electron chi connectivity index (χ0n) is 10.8. The molecule has 2 rings (SSSR count). The molecule has 16 heavy (non-hydrogen) atoms. The van der Waals surface area contributed by atoms with Gasteiger partial charge in [0.15, 0.2) is 0 Å². The van der Waals surface area contributed by atoms with Gasteiger partial charge in [0.25, 0.3) is 0 Å². The third-order valence-electron chi connectivity index (χ3n) is 4.77. The lowest BCUT2D eigenvalue weighted by molar-refractivity contribution is -0.146. The Kier molecular flexibility index (Phi) is 3.27. The minimum absolute atomic E-state index is 0.0912. The Morgan fingerprint density at radius 2 is 2.25 bits per heavy atom. The molecule has 0 radical (unpaired) electrons. The van der Waals surface area contributed by atoms with Gasteiger partial charge in [0.05, 0.1) is 6.10 Å². The van der Waals surface area contributed by atoms with Crippen LogP contribution in [0.15, 0.2) is 0 Å². The number of ether oxygens (including phenoxy) is 1. The second-order valence-corrected chi connectivity index (χ2v) is 6.19. The van der Waals surface area contributed by atoms with Crippen LogP contribution in [0.3, 0.4) is 0 Å². The van der Waals surface area contributed by atoms with E-state index >= 15 is 0 Å². The molecule has 2 bridgehead atoms.